The fraction of sp³-hybridized carbons (Fsp3) is 0.0500. The van der Waals surface area contributed by atoms with Gasteiger partial charge >= 0.3 is 0 Å². The molecule has 26 heavy (non-hydrogen) atoms. The molecule has 0 unspecified atom stereocenters. The van der Waals surface area contributed by atoms with Crippen molar-refractivity contribution in [3.63, 3.8) is 0 Å². The molecule has 0 saturated heterocycles. The molecule has 0 aliphatic carbocycles. The van der Waals surface area contributed by atoms with E-state index in [-0.39, 0.29) is 18.0 Å². The van der Waals surface area contributed by atoms with Gasteiger partial charge in [-0.1, -0.05) is 42.5 Å². The number of aromatic nitrogens is 2. The Morgan fingerprint density at radius 3 is 2.69 bits per heavy atom. The van der Waals surface area contributed by atoms with E-state index in [0.29, 0.717) is 11.1 Å². The van der Waals surface area contributed by atoms with Crippen LogP contribution in [0.15, 0.2) is 77.0 Å². The molecular formula is C20H15N3O2S. The van der Waals surface area contributed by atoms with Crippen molar-refractivity contribution >= 4 is 33.7 Å². The molecule has 0 aliphatic rings. The zero-order valence-electron chi connectivity index (χ0n) is 13.8. The summed E-state index contributed by atoms with van der Waals surface area (Å²) in [5.74, 6) is -0.293. The van der Waals surface area contributed by atoms with E-state index >= 15 is 0 Å². The monoisotopic (exact) mass is 361 g/mol. The van der Waals surface area contributed by atoms with Gasteiger partial charge in [0.05, 0.1) is 11.6 Å². The van der Waals surface area contributed by atoms with Crippen LogP contribution in [-0.4, -0.2) is 15.7 Å². The molecule has 0 bridgehead atoms. The molecule has 0 radical (unpaired) electrons. The topological polar surface area (TPSA) is 64.0 Å². The first-order valence-electron chi connectivity index (χ1n) is 8.10. The van der Waals surface area contributed by atoms with Crippen molar-refractivity contribution in [1.29, 1.82) is 0 Å². The second-order valence-corrected chi connectivity index (χ2v) is 6.71. The van der Waals surface area contributed by atoms with Gasteiger partial charge in [-0.05, 0) is 23.6 Å². The van der Waals surface area contributed by atoms with Gasteiger partial charge in [-0.15, -0.1) is 11.3 Å². The lowest BCUT2D eigenvalue weighted by Crippen LogP contribution is -2.29. The van der Waals surface area contributed by atoms with Crippen LogP contribution in [0.4, 0.5) is 5.69 Å². The maximum atomic E-state index is 12.5. The van der Waals surface area contributed by atoms with E-state index in [1.807, 2.05) is 53.9 Å². The molecule has 4 aromatic rings. The third-order valence-corrected chi connectivity index (χ3v) is 4.95. The third-order valence-electron chi connectivity index (χ3n) is 4.04. The van der Waals surface area contributed by atoms with E-state index < -0.39 is 0 Å². The normalized spacial score (nSPS) is 10.8. The minimum absolute atomic E-state index is 0.136. The standard InChI is InChI=1S/C20H15N3O2S/c24-19(13-23-20(25)15-7-2-1-6-14(15)12-21-23)22-17-9-4-3-8-16(17)18-10-5-11-26-18/h1-12H,13H2,(H,22,24). The molecule has 4 rings (SSSR count). The molecule has 1 amide bonds. The zero-order chi connectivity index (χ0) is 17.9. The van der Waals surface area contributed by atoms with Crippen LogP contribution in [-0.2, 0) is 11.3 Å². The number of carbonyl (C=O) groups is 1. The molecule has 128 valence electrons. The van der Waals surface area contributed by atoms with Gasteiger partial charge in [0, 0.05) is 21.5 Å². The quantitative estimate of drug-likeness (QED) is 0.602. The predicted molar refractivity (Wildman–Crippen MR) is 104 cm³/mol. The van der Waals surface area contributed by atoms with Crippen LogP contribution >= 0.6 is 11.3 Å². The average Bonchev–Trinajstić information content (AvgIpc) is 3.19. The fourth-order valence-corrected chi connectivity index (χ4v) is 3.57. The molecule has 2 aromatic heterocycles. The number of nitrogens with zero attached hydrogens (tertiary/aromatic N) is 2. The predicted octanol–water partition coefficient (Wildman–Crippen LogP) is 3.76. The lowest BCUT2D eigenvalue weighted by Gasteiger charge is -2.11. The molecule has 2 heterocycles. The summed E-state index contributed by atoms with van der Waals surface area (Å²) in [5.41, 5.74) is 1.40. The van der Waals surface area contributed by atoms with Crippen LogP contribution in [0, 0.1) is 0 Å². The number of nitrogens with one attached hydrogen (secondary N) is 1. The Balaban J connectivity index is 1.59. The molecule has 0 atom stereocenters. The molecule has 0 aliphatic heterocycles. The van der Waals surface area contributed by atoms with Crippen molar-refractivity contribution in [2.75, 3.05) is 5.32 Å². The Kier molecular flexibility index (Phi) is 4.33. The van der Waals surface area contributed by atoms with E-state index in [1.54, 1.807) is 29.7 Å². The van der Waals surface area contributed by atoms with E-state index in [9.17, 15) is 9.59 Å². The van der Waals surface area contributed by atoms with Gasteiger partial charge in [-0.2, -0.15) is 5.10 Å². The second kappa shape index (κ2) is 6.93. The van der Waals surface area contributed by atoms with E-state index in [1.165, 1.54) is 4.68 Å². The van der Waals surface area contributed by atoms with Crippen molar-refractivity contribution in [3.05, 3.63) is 82.6 Å². The highest BCUT2D eigenvalue weighted by atomic mass is 32.1. The molecule has 0 spiro atoms. The highest BCUT2D eigenvalue weighted by molar-refractivity contribution is 7.13. The highest BCUT2D eigenvalue weighted by Crippen LogP contribution is 2.31. The Hall–Kier alpha value is -3.25. The summed E-state index contributed by atoms with van der Waals surface area (Å²) in [7, 11) is 0. The van der Waals surface area contributed by atoms with Crippen LogP contribution in [0.3, 0.4) is 0 Å². The lowest BCUT2D eigenvalue weighted by molar-refractivity contribution is -0.117. The van der Waals surface area contributed by atoms with Crippen LogP contribution < -0.4 is 10.9 Å². The van der Waals surface area contributed by atoms with E-state index in [4.69, 9.17) is 0 Å². The van der Waals surface area contributed by atoms with Gasteiger partial charge in [0.15, 0.2) is 0 Å². The summed E-state index contributed by atoms with van der Waals surface area (Å²) in [6.45, 7) is -0.136. The van der Waals surface area contributed by atoms with Crippen LogP contribution in [0.2, 0.25) is 0 Å². The lowest BCUT2D eigenvalue weighted by atomic mass is 10.1. The number of para-hydroxylation sites is 1. The van der Waals surface area contributed by atoms with Crippen molar-refractivity contribution < 1.29 is 4.79 Å². The Bertz CT molecular complexity index is 1130. The first-order chi connectivity index (χ1) is 12.7. The number of amides is 1. The summed E-state index contributed by atoms with van der Waals surface area (Å²) < 4.78 is 1.19. The maximum Gasteiger partial charge on any atom is 0.275 e. The average molecular weight is 361 g/mol. The minimum atomic E-state index is -0.293. The molecule has 2 aromatic carbocycles. The number of anilines is 1. The Labute approximate surface area is 153 Å². The molecule has 0 saturated carbocycles. The summed E-state index contributed by atoms with van der Waals surface area (Å²) in [5, 5.41) is 10.3. The Morgan fingerprint density at radius 2 is 1.85 bits per heavy atom. The zero-order valence-corrected chi connectivity index (χ0v) is 14.6. The molecule has 0 fully saturated rings. The number of hydrogen-bond acceptors (Lipinski definition) is 4. The number of rotatable bonds is 4. The SMILES string of the molecule is O=C(Cn1ncc2ccccc2c1=O)Nc1ccccc1-c1cccs1. The largest absolute Gasteiger partial charge is 0.324 e. The Morgan fingerprint density at radius 1 is 1.04 bits per heavy atom. The summed E-state index contributed by atoms with van der Waals surface area (Å²) in [4.78, 5) is 26.0. The van der Waals surface area contributed by atoms with Gasteiger partial charge in [-0.25, -0.2) is 4.68 Å². The number of fused-ring (bicyclic) bond motifs is 1. The highest BCUT2D eigenvalue weighted by Gasteiger charge is 2.11. The molecule has 5 nitrogen and oxygen atoms in total. The van der Waals surface area contributed by atoms with Crippen molar-refractivity contribution in [1.82, 2.24) is 9.78 Å². The summed E-state index contributed by atoms with van der Waals surface area (Å²) in [6.07, 6.45) is 1.60. The number of benzene rings is 2. The fourth-order valence-electron chi connectivity index (χ4n) is 2.80. The minimum Gasteiger partial charge on any atom is -0.324 e. The van der Waals surface area contributed by atoms with Crippen molar-refractivity contribution in [3.8, 4) is 10.4 Å². The van der Waals surface area contributed by atoms with Gasteiger partial charge < -0.3 is 5.32 Å². The summed E-state index contributed by atoms with van der Waals surface area (Å²) >= 11 is 1.61. The number of carbonyl (C=O) groups excluding carboxylic acids is 1. The van der Waals surface area contributed by atoms with E-state index in [0.717, 1.165) is 15.8 Å². The first-order valence-corrected chi connectivity index (χ1v) is 8.98. The van der Waals surface area contributed by atoms with E-state index in [2.05, 4.69) is 10.4 Å². The molecule has 6 heteroatoms. The van der Waals surface area contributed by atoms with Gasteiger partial charge in [0.25, 0.3) is 5.56 Å². The number of thiophene rings is 1. The smallest absolute Gasteiger partial charge is 0.275 e. The molecule has 1 N–H and O–H groups in total. The van der Waals surface area contributed by atoms with Crippen molar-refractivity contribution in [2.45, 2.75) is 6.54 Å². The summed E-state index contributed by atoms with van der Waals surface area (Å²) in [6, 6.07) is 18.8. The first kappa shape index (κ1) is 16.2. The molecular weight excluding hydrogens is 346 g/mol. The van der Waals surface area contributed by atoms with Crippen LogP contribution in [0.25, 0.3) is 21.2 Å². The maximum absolute atomic E-state index is 12.5. The van der Waals surface area contributed by atoms with Gasteiger partial charge in [-0.3, -0.25) is 9.59 Å². The number of hydrogen-bond donors (Lipinski definition) is 1. The van der Waals surface area contributed by atoms with Crippen LogP contribution in [0.5, 0.6) is 0 Å². The van der Waals surface area contributed by atoms with Gasteiger partial charge in [0.1, 0.15) is 6.54 Å². The third kappa shape index (κ3) is 3.14. The van der Waals surface area contributed by atoms with Crippen LogP contribution in [0.1, 0.15) is 0 Å². The van der Waals surface area contributed by atoms with Crippen molar-refractivity contribution in [2.24, 2.45) is 0 Å². The van der Waals surface area contributed by atoms with Gasteiger partial charge in [0.2, 0.25) is 5.91 Å². The second-order valence-electron chi connectivity index (χ2n) is 5.77.